The standard InChI is InChI=1S/C26H29N3O5S/c1-15-17-8-4-6-10-19(17)28-16(2)22(15)26(32)34-14-21(30)29-25-23(24(31)27-12-13-33-3)18-9-5-7-11-20(18)35-25/h4,6,8,10H,5,7,9,11-14H2,1-3H3,(H,27,31)(H,29,30). The summed E-state index contributed by atoms with van der Waals surface area (Å²) in [6, 6.07) is 7.57. The number of anilines is 1. The predicted octanol–water partition coefficient (Wildman–Crippen LogP) is 3.96. The Kier molecular flexibility index (Phi) is 7.77. The van der Waals surface area contributed by atoms with Crippen LogP contribution < -0.4 is 10.6 Å². The average molecular weight is 496 g/mol. The highest BCUT2D eigenvalue weighted by Crippen LogP contribution is 2.38. The van der Waals surface area contributed by atoms with Gasteiger partial charge in [-0.05, 0) is 56.7 Å². The number of rotatable bonds is 8. The number of methoxy groups -OCH3 is 1. The molecular weight excluding hydrogens is 466 g/mol. The Bertz CT molecular complexity index is 1280. The average Bonchev–Trinajstić information content (AvgIpc) is 3.20. The number of pyridine rings is 1. The van der Waals surface area contributed by atoms with Gasteiger partial charge in [-0.2, -0.15) is 0 Å². The van der Waals surface area contributed by atoms with Crippen molar-refractivity contribution in [3.63, 3.8) is 0 Å². The fourth-order valence-electron chi connectivity index (χ4n) is 4.45. The minimum atomic E-state index is -0.601. The van der Waals surface area contributed by atoms with E-state index in [-0.39, 0.29) is 5.91 Å². The third-order valence-corrected chi connectivity index (χ3v) is 7.32. The Balaban J connectivity index is 1.47. The number of benzene rings is 1. The summed E-state index contributed by atoms with van der Waals surface area (Å²) in [6.07, 6.45) is 3.75. The number of thiophene rings is 1. The van der Waals surface area contributed by atoms with Crippen LogP contribution >= 0.6 is 11.3 Å². The molecule has 35 heavy (non-hydrogen) atoms. The van der Waals surface area contributed by atoms with Crippen molar-refractivity contribution in [2.75, 3.05) is 32.2 Å². The van der Waals surface area contributed by atoms with Crippen LogP contribution in [0, 0.1) is 13.8 Å². The van der Waals surface area contributed by atoms with Gasteiger partial charge in [-0.15, -0.1) is 11.3 Å². The smallest absolute Gasteiger partial charge is 0.340 e. The summed E-state index contributed by atoms with van der Waals surface area (Å²) in [5.74, 6) is -1.33. The molecule has 8 nitrogen and oxygen atoms in total. The molecular formula is C26H29N3O5S. The molecule has 2 heterocycles. The van der Waals surface area contributed by atoms with E-state index in [0.717, 1.165) is 52.6 Å². The molecule has 0 aliphatic heterocycles. The summed E-state index contributed by atoms with van der Waals surface area (Å²) in [6.45, 7) is 3.92. The molecule has 0 saturated carbocycles. The van der Waals surface area contributed by atoms with E-state index < -0.39 is 18.5 Å². The van der Waals surface area contributed by atoms with Gasteiger partial charge >= 0.3 is 5.97 Å². The summed E-state index contributed by atoms with van der Waals surface area (Å²) in [5.41, 5.74) is 3.98. The van der Waals surface area contributed by atoms with Gasteiger partial charge in [0.1, 0.15) is 5.00 Å². The topological polar surface area (TPSA) is 107 Å². The second-order valence-corrected chi connectivity index (χ2v) is 9.61. The highest BCUT2D eigenvalue weighted by Gasteiger charge is 2.27. The zero-order valence-corrected chi connectivity index (χ0v) is 21.0. The van der Waals surface area contributed by atoms with Gasteiger partial charge in [0, 0.05) is 23.9 Å². The van der Waals surface area contributed by atoms with Crippen molar-refractivity contribution in [1.29, 1.82) is 0 Å². The maximum absolute atomic E-state index is 12.9. The molecule has 184 valence electrons. The van der Waals surface area contributed by atoms with Crippen molar-refractivity contribution < 1.29 is 23.9 Å². The monoisotopic (exact) mass is 495 g/mol. The Morgan fingerprint density at radius 3 is 2.66 bits per heavy atom. The largest absolute Gasteiger partial charge is 0.452 e. The molecule has 0 radical (unpaired) electrons. The van der Waals surface area contributed by atoms with E-state index in [1.54, 1.807) is 14.0 Å². The van der Waals surface area contributed by atoms with Crippen molar-refractivity contribution in [2.24, 2.45) is 0 Å². The van der Waals surface area contributed by atoms with Crippen LogP contribution in [0.3, 0.4) is 0 Å². The van der Waals surface area contributed by atoms with Crippen LogP contribution in [0.5, 0.6) is 0 Å². The summed E-state index contributed by atoms with van der Waals surface area (Å²) in [7, 11) is 1.57. The van der Waals surface area contributed by atoms with Crippen LogP contribution in [0.2, 0.25) is 0 Å². The van der Waals surface area contributed by atoms with Gasteiger partial charge in [0.2, 0.25) is 0 Å². The molecule has 0 saturated heterocycles. The van der Waals surface area contributed by atoms with Gasteiger partial charge in [-0.1, -0.05) is 18.2 Å². The highest BCUT2D eigenvalue weighted by molar-refractivity contribution is 7.17. The lowest BCUT2D eigenvalue weighted by atomic mass is 9.95. The molecule has 0 atom stereocenters. The lowest BCUT2D eigenvalue weighted by Gasteiger charge is -2.13. The molecule has 9 heteroatoms. The number of hydrogen-bond acceptors (Lipinski definition) is 7. The fraction of sp³-hybridized carbons (Fsp3) is 0.385. The van der Waals surface area contributed by atoms with E-state index in [1.165, 1.54) is 11.3 Å². The number of ether oxygens (including phenoxy) is 2. The van der Waals surface area contributed by atoms with Crippen molar-refractivity contribution >= 4 is 45.0 Å². The Morgan fingerprint density at radius 2 is 1.86 bits per heavy atom. The molecule has 1 aliphatic rings. The Morgan fingerprint density at radius 1 is 1.09 bits per heavy atom. The number of carbonyl (C=O) groups is 3. The minimum Gasteiger partial charge on any atom is -0.452 e. The molecule has 4 rings (SSSR count). The summed E-state index contributed by atoms with van der Waals surface area (Å²) < 4.78 is 10.4. The number of aromatic nitrogens is 1. The van der Waals surface area contributed by atoms with Gasteiger partial charge in [0.05, 0.1) is 28.9 Å². The van der Waals surface area contributed by atoms with Crippen molar-refractivity contribution in [3.05, 3.63) is 57.1 Å². The van der Waals surface area contributed by atoms with Gasteiger partial charge in [-0.3, -0.25) is 14.6 Å². The maximum atomic E-state index is 12.9. The summed E-state index contributed by atoms with van der Waals surface area (Å²) >= 11 is 1.42. The molecule has 0 fully saturated rings. The zero-order chi connectivity index (χ0) is 24.9. The number of para-hydroxylation sites is 1. The molecule has 2 amide bonds. The number of esters is 1. The van der Waals surface area contributed by atoms with Crippen LogP contribution in [0.4, 0.5) is 5.00 Å². The molecule has 0 bridgehead atoms. The quantitative estimate of drug-likeness (QED) is 0.362. The van der Waals surface area contributed by atoms with E-state index in [9.17, 15) is 14.4 Å². The van der Waals surface area contributed by atoms with Crippen LogP contribution in [0.15, 0.2) is 24.3 Å². The van der Waals surface area contributed by atoms with Crippen LogP contribution in [-0.2, 0) is 27.1 Å². The first kappa shape index (κ1) is 24.8. The van der Waals surface area contributed by atoms with E-state index >= 15 is 0 Å². The molecule has 2 aromatic heterocycles. The van der Waals surface area contributed by atoms with Crippen molar-refractivity contribution in [1.82, 2.24) is 10.3 Å². The molecule has 1 aliphatic carbocycles. The normalized spacial score (nSPS) is 12.8. The number of nitrogens with zero attached hydrogens (tertiary/aromatic N) is 1. The number of nitrogens with one attached hydrogen (secondary N) is 2. The summed E-state index contributed by atoms with van der Waals surface area (Å²) in [5, 5.41) is 7.00. The van der Waals surface area contributed by atoms with Crippen LogP contribution in [-0.4, -0.2) is 49.6 Å². The second-order valence-electron chi connectivity index (χ2n) is 8.50. The van der Waals surface area contributed by atoms with E-state index in [4.69, 9.17) is 9.47 Å². The first-order chi connectivity index (χ1) is 16.9. The number of amides is 2. The molecule has 2 N–H and O–H groups in total. The summed E-state index contributed by atoms with van der Waals surface area (Å²) in [4.78, 5) is 44.1. The van der Waals surface area contributed by atoms with E-state index in [2.05, 4.69) is 15.6 Å². The zero-order valence-electron chi connectivity index (χ0n) is 20.2. The number of fused-ring (bicyclic) bond motifs is 2. The molecule has 0 spiro atoms. The lowest BCUT2D eigenvalue weighted by Crippen LogP contribution is -2.29. The highest BCUT2D eigenvalue weighted by atomic mass is 32.1. The first-order valence-electron chi connectivity index (χ1n) is 11.6. The van der Waals surface area contributed by atoms with Gasteiger partial charge in [-0.25, -0.2) is 4.79 Å². The fourth-order valence-corrected chi connectivity index (χ4v) is 5.75. The lowest BCUT2D eigenvalue weighted by molar-refractivity contribution is -0.119. The SMILES string of the molecule is COCCNC(=O)c1c(NC(=O)COC(=O)c2c(C)nc3ccccc3c2C)sc2c1CCCC2. The second kappa shape index (κ2) is 11.0. The van der Waals surface area contributed by atoms with Gasteiger partial charge in [0.15, 0.2) is 6.61 Å². The molecule has 0 unspecified atom stereocenters. The Labute approximate surface area is 208 Å². The number of hydrogen-bond donors (Lipinski definition) is 2. The third kappa shape index (κ3) is 5.36. The number of aryl methyl sites for hydroxylation is 3. The minimum absolute atomic E-state index is 0.234. The van der Waals surface area contributed by atoms with Gasteiger partial charge in [0.25, 0.3) is 11.8 Å². The van der Waals surface area contributed by atoms with E-state index in [0.29, 0.717) is 35.0 Å². The number of carbonyl (C=O) groups excluding carboxylic acids is 3. The van der Waals surface area contributed by atoms with Gasteiger partial charge < -0.3 is 20.1 Å². The van der Waals surface area contributed by atoms with Crippen molar-refractivity contribution in [3.8, 4) is 0 Å². The predicted molar refractivity (Wildman–Crippen MR) is 135 cm³/mol. The third-order valence-electron chi connectivity index (χ3n) is 6.11. The van der Waals surface area contributed by atoms with Crippen LogP contribution in [0.1, 0.15) is 55.3 Å². The first-order valence-corrected chi connectivity index (χ1v) is 12.5. The Hall–Kier alpha value is -3.30. The van der Waals surface area contributed by atoms with Crippen molar-refractivity contribution in [2.45, 2.75) is 39.5 Å². The van der Waals surface area contributed by atoms with Crippen LogP contribution in [0.25, 0.3) is 10.9 Å². The maximum Gasteiger partial charge on any atom is 0.340 e. The molecule has 3 aromatic rings. The molecule has 1 aromatic carbocycles. The van der Waals surface area contributed by atoms with E-state index in [1.807, 2.05) is 31.2 Å².